The Morgan fingerprint density at radius 3 is 2.69 bits per heavy atom. The van der Waals surface area contributed by atoms with E-state index in [-0.39, 0.29) is 5.54 Å². The summed E-state index contributed by atoms with van der Waals surface area (Å²) in [4.78, 5) is 6.58. The van der Waals surface area contributed by atoms with Gasteiger partial charge in [0.2, 0.25) is 0 Å². The summed E-state index contributed by atoms with van der Waals surface area (Å²) in [5, 5.41) is 0. The standard InChI is InChI=1S/C10H21N3/c1-5-6-13-9(11)12-7-10(13,4)8(2)3/h8H,5-7H2,1-4H3,(H2,11,12). The summed E-state index contributed by atoms with van der Waals surface area (Å²) < 4.78 is 0. The molecule has 0 aromatic rings. The minimum absolute atomic E-state index is 0.139. The van der Waals surface area contributed by atoms with Gasteiger partial charge in [0, 0.05) is 6.54 Å². The molecule has 0 amide bonds. The molecule has 0 aromatic carbocycles. The Bertz CT molecular complexity index is 210. The Kier molecular flexibility index (Phi) is 2.84. The Hall–Kier alpha value is -0.730. The third-order valence-electron chi connectivity index (χ3n) is 3.15. The summed E-state index contributed by atoms with van der Waals surface area (Å²) in [6.07, 6.45) is 1.12. The average Bonchev–Trinajstić information content (AvgIpc) is 2.34. The quantitative estimate of drug-likeness (QED) is 0.719. The lowest BCUT2D eigenvalue weighted by Crippen LogP contribution is -2.53. The van der Waals surface area contributed by atoms with Crippen molar-refractivity contribution in [2.45, 2.75) is 39.7 Å². The monoisotopic (exact) mass is 183 g/mol. The Labute approximate surface area is 81.0 Å². The summed E-state index contributed by atoms with van der Waals surface area (Å²) in [5.74, 6) is 1.31. The lowest BCUT2D eigenvalue weighted by Gasteiger charge is -2.39. The zero-order chi connectivity index (χ0) is 10.1. The van der Waals surface area contributed by atoms with Crippen molar-refractivity contribution < 1.29 is 0 Å². The second-order valence-corrected chi connectivity index (χ2v) is 4.34. The number of nitrogens with two attached hydrogens (primary N) is 1. The minimum Gasteiger partial charge on any atom is -0.370 e. The van der Waals surface area contributed by atoms with E-state index in [0.29, 0.717) is 5.92 Å². The van der Waals surface area contributed by atoms with Gasteiger partial charge < -0.3 is 10.6 Å². The summed E-state index contributed by atoms with van der Waals surface area (Å²) in [6, 6.07) is 0. The predicted molar refractivity (Wildman–Crippen MR) is 56.7 cm³/mol. The van der Waals surface area contributed by atoms with Crippen LogP contribution >= 0.6 is 0 Å². The van der Waals surface area contributed by atoms with Crippen LogP contribution in [0.2, 0.25) is 0 Å². The molecule has 13 heavy (non-hydrogen) atoms. The van der Waals surface area contributed by atoms with Crippen molar-refractivity contribution in [3.63, 3.8) is 0 Å². The van der Waals surface area contributed by atoms with Crippen LogP contribution in [0.5, 0.6) is 0 Å². The van der Waals surface area contributed by atoms with Crippen LogP contribution in [0.25, 0.3) is 0 Å². The fraction of sp³-hybridized carbons (Fsp3) is 0.900. The van der Waals surface area contributed by atoms with E-state index >= 15 is 0 Å². The molecule has 3 heteroatoms. The van der Waals surface area contributed by atoms with Crippen LogP contribution in [-0.4, -0.2) is 29.5 Å². The summed E-state index contributed by atoms with van der Waals surface area (Å²) >= 11 is 0. The topological polar surface area (TPSA) is 41.6 Å². The highest BCUT2D eigenvalue weighted by Crippen LogP contribution is 2.29. The predicted octanol–water partition coefficient (Wildman–Crippen LogP) is 1.44. The van der Waals surface area contributed by atoms with Crippen molar-refractivity contribution in [1.29, 1.82) is 0 Å². The van der Waals surface area contributed by atoms with E-state index in [1.54, 1.807) is 0 Å². The van der Waals surface area contributed by atoms with E-state index in [1.165, 1.54) is 0 Å². The second-order valence-electron chi connectivity index (χ2n) is 4.34. The lowest BCUT2D eigenvalue weighted by atomic mass is 9.87. The van der Waals surface area contributed by atoms with Gasteiger partial charge in [0.15, 0.2) is 5.96 Å². The molecule has 0 aliphatic carbocycles. The third-order valence-corrected chi connectivity index (χ3v) is 3.15. The maximum atomic E-state index is 5.85. The van der Waals surface area contributed by atoms with E-state index in [2.05, 4.69) is 37.6 Å². The SMILES string of the molecule is CCCN1C(N)=NCC1(C)C(C)C. The lowest BCUT2D eigenvalue weighted by molar-refractivity contribution is 0.159. The van der Waals surface area contributed by atoms with Crippen LogP contribution in [0.1, 0.15) is 34.1 Å². The average molecular weight is 183 g/mol. The van der Waals surface area contributed by atoms with Crippen LogP contribution in [0, 0.1) is 5.92 Å². The van der Waals surface area contributed by atoms with Gasteiger partial charge in [-0.2, -0.15) is 0 Å². The van der Waals surface area contributed by atoms with E-state index in [9.17, 15) is 0 Å². The highest BCUT2D eigenvalue weighted by Gasteiger charge is 2.39. The van der Waals surface area contributed by atoms with Gasteiger partial charge >= 0.3 is 0 Å². The van der Waals surface area contributed by atoms with E-state index in [1.807, 2.05) is 0 Å². The first kappa shape index (κ1) is 10.4. The molecule has 0 aromatic heterocycles. The summed E-state index contributed by atoms with van der Waals surface area (Å²) in [7, 11) is 0. The Morgan fingerprint density at radius 1 is 1.62 bits per heavy atom. The van der Waals surface area contributed by atoms with Gasteiger partial charge in [-0.05, 0) is 19.3 Å². The first-order chi connectivity index (χ1) is 6.02. The first-order valence-electron chi connectivity index (χ1n) is 5.10. The number of guanidine groups is 1. The van der Waals surface area contributed by atoms with Crippen LogP contribution in [0.15, 0.2) is 4.99 Å². The van der Waals surface area contributed by atoms with Crippen molar-refractivity contribution >= 4 is 5.96 Å². The molecule has 1 rings (SSSR count). The summed E-state index contributed by atoms with van der Waals surface area (Å²) in [5.41, 5.74) is 5.99. The fourth-order valence-electron chi connectivity index (χ4n) is 1.76. The fourth-order valence-corrected chi connectivity index (χ4v) is 1.76. The molecule has 1 atom stereocenters. The van der Waals surface area contributed by atoms with Crippen molar-refractivity contribution in [3.05, 3.63) is 0 Å². The molecular formula is C10H21N3. The number of aliphatic imine (C=N–C) groups is 1. The normalized spacial score (nSPS) is 28.4. The highest BCUT2D eigenvalue weighted by molar-refractivity contribution is 5.81. The Balaban J connectivity index is 2.78. The molecule has 0 radical (unpaired) electrons. The molecule has 0 spiro atoms. The van der Waals surface area contributed by atoms with Crippen molar-refractivity contribution in [2.24, 2.45) is 16.6 Å². The molecule has 76 valence electrons. The molecule has 0 bridgehead atoms. The zero-order valence-electron chi connectivity index (χ0n) is 9.17. The van der Waals surface area contributed by atoms with Gasteiger partial charge in [0.05, 0.1) is 12.1 Å². The molecule has 1 unspecified atom stereocenters. The number of hydrogen-bond acceptors (Lipinski definition) is 3. The molecule has 0 saturated carbocycles. The van der Waals surface area contributed by atoms with Crippen molar-refractivity contribution in [1.82, 2.24) is 4.90 Å². The molecule has 0 fully saturated rings. The maximum absolute atomic E-state index is 5.85. The van der Waals surface area contributed by atoms with Gasteiger partial charge in [-0.15, -0.1) is 0 Å². The highest BCUT2D eigenvalue weighted by atomic mass is 15.4. The van der Waals surface area contributed by atoms with Crippen molar-refractivity contribution in [3.8, 4) is 0 Å². The molecule has 1 aliphatic rings. The number of hydrogen-bond donors (Lipinski definition) is 1. The minimum atomic E-state index is 0.139. The molecule has 0 saturated heterocycles. The molecule has 3 nitrogen and oxygen atoms in total. The van der Waals surface area contributed by atoms with Gasteiger partial charge in [-0.25, -0.2) is 0 Å². The molecule has 1 heterocycles. The molecule has 2 N–H and O–H groups in total. The van der Waals surface area contributed by atoms with Gasteiger partial charge in [0.1, 0.15) is 0 Å². The van der Waals surface area contributed by atoms with Crippen LogP contribution in [0.3, 0.4) is 0 Å². The largest absolute Gasteiger partial charge is 0.370 e. The first-order valence-corrected chi connectivity index (χ1v) is 5.10. The van der Waals surface area contributed by atoms with Crippen molar-refractivity contribution in [2.75, 3.05) is 13.1 Å². The van der Waals surface area contributed by atoms with E-state index in [4.69, 9.17) is 5.73 Å². The van der Waals surface area contributed by atoms with Crippen LogP contribution < -0.4 is 5.73 Å². The maximum Gasteiger partial charge on any atom is 0.191 e. The molecule has 1 aliphatic heterocycles. The smallest absolute Gasteiger partial charge is 0.191 e. The van der Waals surface area contributed by atoms with Crippen LogP contribution in [0.4, 0.5) is 0 Å². The number of rotatable bonds is 3. The summed E-state index contributed by atoms with van der Waals surface area (Å²) in [6.45, 7) is 10.7. The van der Waals surface area contributed by atoms with E-state index in [0.717, 1.165) is 25.5 Å². The third kappa shape index (κ3) is 1.64. The van der Waals surface area contributed by atoms with Crippen LogP contribution in [-0.2, 0) is 0 Å². The van der Waals surface area contributed by atoms with E-state index < -0.39 is 0 Å². The zero-order valence-corrected chi connectivity index (χ0v) is 9.17. The van der Waals surface area contributed by atoms with Gasteiger partial charge in [-0.1, -0.05) is 20.8 Å². The van der Waals surface area contributed by atoms with Gasteiger partial charge in [0.25, 0.3) is 0 Å². The second kappa shape index (κ2) is 3.56. The molecular weight excluding hydrogens is 162 g/mol. The number of nitrogens with zero attached hydrogens (tertiary/aromatic N) is 2. The Morgan fingerprint density at radius 2 is 2.23 bits per heavy atom. The van der Waals surface area contributed by atoms with Gasteiger partial charge in [-0.3, -0.25) is 4.99 Å².